The molecule has 8 heteroatoms. The second kappa shape index (κ2) is 7.05. The minimum atomic E-state index is -0.595. The fourth-order valence-corrected chi connectivity index (χ4v) is 4.10. The number of halogens is 2. The smallest absolute Gasteiger partial charge is 0.257 e. The van der Waals surface area contributed by atoms with Gasteiger partial charge in [0.15, 0.2) is 0 Å². The second-order valence-corrected chi connectivity index (χ2v) is 8.58. The van der Waals surface area contributed by atoms with Gasteiger partial charge in [0.05, 0.1) is 28.2 Å². The van der Waals surface area contributed by atoms with Crippen molar-refractivity contribution in [1.29, 1.82) is 0 Å². The number of aryl methyl sites for hydroxylation is 1. The number of pyridine rings is 1. The molecule has 2 aromatic heterocycles. The van der Waals surface area contributed by atoms with Crippen molar-refractivity contribution in [3.63, 3.8) is 0 Å². The number of rotatable bonds is 4. The Balaban J connectivity index is 1.60. The van der Waals surface area contributed by atoms with Crippen LogP contribution in [-0.2, 0) is 13.6 Å². The van der Waals surface area contributed by atoms with Crippen LogP contribution in [0.25, 0.3) is 21.8 Å². The Bertz CT molecular complexity index is 1300. The van der Waals surface area contributed by atoms with Crippen LogP contribution in [0.15, 0.2) is 47.1 Å². The van der Waals surface area contributed by atoms with Crippen LogP contribution in [0.3, 0.4) is 0 Å². The Morgan fingerprint density at radius 2 is 2.00 bits per heavy atom. The number of anilines is 1. The fraction of sp³-hybridized carbons (Fsp3) is 0.227. The number of fused-ring (bicyclic) bond motifs is 3. The van der Waals surface area contributed by atoms with E-state index in [1.807, 2.05) is 24.3 Å². The molecule has 1 saturated carbocycles. The molecule has 2 aromatic carbocycles. The van der Waals surface area contributed by atoms with Crippen molar-refractivity contribution in [2.45, 2.75) is 25.4 Å². The van der Waals surface area contributed by atoms with E-state index in [0.717, 1.165) is 28.4 Å². The number of hydrogen-bond donors (Lipinski definition) is 1. The van der Waals surface area contributed by atoms with Gasteiger partial charge in [-0.05, 0) is 36.6 Å². The monoisotopic (exact) mass is 467 g/mol. The molecular weight excluding hydrogens is 449 g/mol. The zero-order valence-corrected chi connectivity index (χ0v) is 17.9. The van der Waals surface area contributed by atoms with E-state index >= 15 is 4.39 Å². The van der Waals surface area contributed by atoms with Gasteiger partial charge in [-0.15, -0.1) is 0 Å². The highest BCUT2D eigenvalue weighted by atomic mass is 79.9. The van der Waals surface area contributed by atoms with Crippen LogP contribution in [0.5, 0.6) is 0 Å². The molecule has 152 valence electrons. The predicted molar refractivity (Wildman–Crippen MR) is 117 cm³/mol. The van der Waals surface area contributed by atoms with Crippen LogP contribution >= 0.6 is 15.9 Å². The highest BCUT2D eigenvalue weighted by Crippen LogP contribution is 2.33. The summed E-state index contributed by atoms with van der Waals surface area (Å²) in [6.07, 6.45) is 3.50. The third-order valence-corrected chi connectivity index (χ3v) is 6.07. The number of nitrogens with two attached hydrogens (primary N) is 1. The molecule has 0 spiro atoms. The SMILES string of the molecule is Cn1ncc2c(N)nc3cc(F)c(C(=O)N(Cc4ccc(Br)cc4)C4CC4)cc3c21. The lowest BCUT2D eigenvalue weighted by Gasteiger charge is -2.23. The standard InChI is InChI=1S/C22H19BrFN5O/c1-28-20-16-8-15(18(24)9-19(16)27-21(25)17(20)10-26-28)22(30)29(14-6-7-14)11-12-2-4-13(23)5-3-12/h2-5,8-10,14H,6-7,11H2,1H3,(H2,25,27). The molecule has 1 fully saturated rings. The van der Waals surface area contributed by atoms with E-state index in [1.165, 1.54) is 6.07 Å². The van der Waals surface area contributed by atoms with Gasteiger partial charge in [0, 0.05) is 35.6 Å². The van der Waals surface area contributed by atoms with Crippen LogP contribution in [0.2, 0.25) is 0 Å². The van der Waals surface area contributed by atoms with Crippen LogP contribution in [-0.4, -0.2) is 31.6 Å². The van der Waals surface area contributed by atoms with Crippen LogP contribution < -0.4 is 5.73 Å². The molecule has 2 heterocycles. The summed E-state index contributed by atoms with van der Waals surface area (Å²) in [4.78, 5) is 19.5. The minimum Gasteiger partial charge on any atom is -0.383 e. The van der Waals surface area contributed by atoms with E-state index in [1.54, 1.807) is 28.9 Å². The summed E-state index contributed by atoms with van der Waals surface area (Å²) in [5.41, 5.74) is 8.20. The molecule has 0 aliphatic heterocycles. The second-order valence-electron chi connectivity index (χ2n) is 7.67. The first kappa shape index (κ1) is 19.0. The zero-order chi connectivity index (χ0) is 21.0. The van der Waals surface area contributed by atoms with E-state index < -0.39 is 5.82 Å². The normalized spacial score (nSPS) is 13.8. The average Bonchev–Trinajstić information content (AvgIpc) is 3.48. The summed E-state index contributed by atoms with van der Waals surface area (Å²) in [5, 5.41) is 5.58. The Hall–Kier alpha value is -3.00. The number of hydrogen-bond acceptors (Lipinski definition) is 4. The van der Waals surface area contributed by atoms with E-state index in [-0.39, 0.29) is 17.5 Å². The van der Waals surface area contributed by atoms with E-state index in [2.05, 4.69) is 26.0 Å². The topological polar surface area (TPSA) is 77.0 Å². The van der Waals surface area contributed by atoms with E-state index in [4.69, 9.17) is 5.73 Å². The molecule has 2 N–H and O–H groups in total. The van der Waals surface area contributed by atoms with Gasteiger partial charge in [-0.1, -0.05) is 28.1 Å². The van der Waals surface area contributed by atoms with Gasteiger partial charge in [0.1, 0.15) is 11.6 Å². The first-order valence-electron chi connectivity index (χ1n) is 9.68. The molecule has 0 bridgehead atoms. The maximum absolute atomic E-state index is 15.0. The molecule has 0 saturated heterocycles. The Kier molecular flexibility index (Phi) is 4.47. The summed E-state index contributed by atoms with van der Waals surface area (Å²) in [6, 6.07) is 10.8. The molecule has 4 aromatic rings. The van der Waals surface area contributed by atoms with Crippen LogP contribution in [0.4, 0.5) is 10.2 Å². The lowest BCUT2D eigenvalue weighted by atomic mass is 10.1. The first-order valence-corrected chi connectivity index (χ1v) is 10.5. The highest BCUT2D eigenvalue weighted by Gasteiger charge is 2.34. The van der Waals surface area contributed by atoms with Crippen LogP contribution in [0, 0.1) is 5.82 Å². The number of nitrogens with zero attached hydrogens (tertiary/aromatic N) is 4. The van der Waals surface area contributed by atoms with Crippen molar-refractivity contribution in [1.82, 2.24) is 19.7 Å². The zero-order valence-electron chi connectivity index (χ0n) is 16.3. The fourth-order valence-electron chi connectivity index (χ4n) is 3.84. The van der Waals surface area contributed by atoms with Crippen LogP contribution in [0.1, 0.15) is 28.8 Å². The molecule has 0 radical (unpaired) electrons. The minimum absolute atomic E-state index is 0.0422. The summed E-state index contributed by atoms with van der Waals surface area (Å²) in [7, 11) is 1.79. The maximum Gasteiger partial charge on any atom is 0.257 e. The molecular formula is C22H19BrFN5O. The predicted octanol–water partition coefficient (Wildman–Crippen LogP) is 4.41. The number of aromatic nitrogens is 3. The van der Waals surface area contributed by atoms with Gasteiger partial charge in [-0.2, -0.15) is 5.10 Å². The summed E-state index contributed by atoms with van der Waals surface area (Å²) >= 11 is 3.43. The number of carbonyl (C=O) groups excluding carboxylic acids is 1. The molecule has 1 aliphatic carbocycles. The summed E-state index contributed by atoms with van der Waals surface area (Å²) in [5.74, 6) is -0.617. The molecule has 30 heavy (non-hydrogen) atoms. The van der Waals surface area contributed by atoms with Crippen molar-refractivity contribution in [3.05, 3.63) is 64.0 Å². The quantitative estimate of drug-likeness (QED) is 0.482. The lowest BCUT2D eigenvalue weighted by molar-refractivity contribution is 0.0725. The van der Waals surface area contributed by atoms with Gasteiger partial charge in [-0.3, -0.25) is 9.48 Å². The Labute approximate surface area is 180 Å². The third kappa shape index (κ3) is 3.21. The number of benzene rings is 2. The lowest BCUT2D eigenvalue weighted by Crippen LogP contribution is -2.33. The first-order chi connectivity index (χ1) is 14.4. The molecule has 1 amide bonds. The van der Waals surface area contributed by atoms with Crippen molar-refractivity contribution in [2.24, 2.45) is 7.05 Å². The van der Waals surface area contributed by atoms with Crippen molar-refractivity contribution in [2.75, 3.05) is 5.73 Å². The average molecular weight is 468 g/mol. The van der Waals surface area contributed by atoms with Gasteiger partial charge in [0.25, 0.3) is 5.91 Å². The molecule has 1 aliphatic rings. The Morgan fingerprint density at radius 3 is 2.70 bits per heavy atom. The van der Waals surface area contributed by atoms with E-state index in [9.17, 15) is 4.79 Å². The largest absolute Gasteiger partial charge is 0.383 e. The molecule has 6 nitrogen and oxygen atoms in total. The van der Waals surface area contributed by atoms with Crippen molar-refractivity contribution >= 4 is 49.5 Å². The van der Waals surface area contributed by atoms with Gasteiger partial charge in [-0.25, -0.2) is 9.37 Å². The molecule has 5 rings (SSSR count). The Morgan fingerprint density at radius 1 is 1.27 bits per heavy atom. The molecule has 0 atom stereocenters. The number of nitrogen functional groups attached to an aromatic ring is 1. The highest BCUT2D eigenvalue weighted by molar-refractivity contribution is 9.10. The van der Waals surface area contributed by atoms with Crippen molar-refractivity contribution < 1.29 is 9.18 Å². The van der Waals surface area contributed by atoms with Gasteiger partial charge >= 0.3 is 0 Å². The summed E-state index contributed by atoms with van der Waals surface area (Å²) in [6.45, 7) is 0.440. The third-order valence-electron chi connectivity index (χ3n) is 5.54. The number of amides is 1. The molecule has 0 unspecified atom stereocenters. The van der Waals surface area contributed by atoms with E-state index in [0.29, 0.717) is 28.7 Å². The van der Waals surface area contributed by atoms with Gasteiger partial charge in [0.2, 0.25) is 0 Å². The summed E-state index contributed by atoms with van der Waals surface area (Å²) < 4.78 is 17.7. The number of carbonyl (C=O) groups is 1. The van der Waals surface area contributed by atoms with Crippen molar-refractivity contribution in [3.8, 4) is 0 Å². The van der Waals surface area contributed by atoms with Gasteiger partial charge < -0.3 is 10.6 Å². The maximum atomic E-state index is 15.0.